The summed E-state index contributed by atoms with van der Waals surface area (Å²) in [5.41, 5.74) is 2.93. The molecule has 1 amide bonds. The molecule has 0 saturated heterocycles. The number of hydrogen-bond donors (Lipinski definition) is 2. The highest BCUT2D eigenvalue weighted by atomic mass is 35.5. The third-order valence-corrected chi connectivity index (χ3v) is 5.46. The molecule has 0 atom stereocenters. The lowest BCUT2D eigenvalue weighted by Gasteiger charge is -2.32. The first-order valence-electron chi connectivity index (χ1n) is 10.4. The van der Waals surface area contributed by atoms with Crippen LogP contribution in [0, 0.1) is 0 Å². The lowest BCUT2D eigenvalue weighted by atomic mass is 9.99. The Morgan fingerprint density at radius 3 is 2.52 bits per heavy atom. The fourth-order valence-corrected chi connectivity index (χ4v) is 3.78. The van der Waals surface area contributed by atoms with Crippen molar-refractivity contribution < 1.29 is 14.3 Å². The van der Waals surface area contributed by atoms with Gasteiger partial charge in [0.05, 0.1) is 31.4 Å². The van der Waals surface area contributed by atoms with Gasteiger partial charge in [-0.15, -0.1) is 0 Å². The number of carbonyl (C=O) groups is 1. The molecular weight excluding hydrogens is 416 g/mol. The summed E-state index contributed by atoms with van der Waals surface area (Å²) in [5, 5.41) is 6.67. The summed E-state index contributed by atoms with van der Waals surface area (Å²) in [6, 6.07) is 11.1. The van der Waals surface area contributed by atoms with Crippen LogP contribution in [0.3, 0.4) is 0 Å². The van der Waals surface area contributed by atoms with Crippen molar-refractivity contribution >= 4 is 23.5 Å². The summed E-state index contributed by atoms with van der Waals surface area (Å²) in [6.07, 6.45) is 0.892. The van der Waals surface area contributed by atoms with E-state index in [0.717, 1.165) is 43.5 Å². The summed E-state index contributed by atoms with van der Waals surface area (Å²) < 4.78 is 10.9. The molecule has 1 aliphatic rings. The van der Waals surface area contributed by atoms with E-state index in [4.69, 9.17) is 26.1 Å². The number of amides is 1. The molecule has 0 radical (unpaired) electrons. The number of methoxy groups -OCH3 is 2. The first-order chi connectivity index (χ1) is 15.1. The maximum atomic E-state index is 12.3. The summed E-state index contributed by atoms with van der Waals surface area (Å²) in [7, 11) is 3.30. The molecular formula is C23H29ClN4O3. The van der Waals surface area contributed by atoms with Gasteiger partial charge < -0.3 is 25.0 Å². The summed E-state index contributed by atoms with van der Waals surface area (Å²) >= 11 is 6.09. The summed E-state index contributed by atoms with van der Waals surface area (Å²) in [6.45, 7) is 5.27. The average Bonchev–Trinajstić information content (AvgIpc) is 2.79. The van der Waals surface area contributed by atoms with Crippen LogP contribution in [0.2, 0.25) is 5.02 Å². The number of nitrogens with zero attached hydrogens (tertiary/aromatic N) is 2. The van der Waals surface area contributed by atoms with E-state index < -0.39 is 0 Å². The normalized spacial score (nSPS) is 13.4. The zero-order chi connectivity index (χ0) is 22.2. The van der Waals surface area contributed by atoms with Crippen LogP contribution < -0.4 is 20.1 Å². The number of benzene rings is 2. The lowest BCUT2D eigenvalue weighted by Crippen LogP contribution is -2.44. The molecule has 8 heteroatoms. The first kappa shape index (κ1) is 22.7. The molecule has 1 aliphatic heterocycles. The van der Waals surface area contributed by atoms with Gasteiger partial charge in [0.15, 0.2) is 17.5 Å². The minimum Gasteiger partial charge on any atom is -0.493 e. The molecule has 1 heterocycles. The quantitative estimate of drug-likeness (QED) is 0.390. The Labute approximate surface area is 188 Å². The van der Waals surface area contributed by atoms with E-state index in [-0.39, 0.29) is 5.91 Å². The summed E-state index contributed by atoms with van der Waals surface area (Å²) in [4.78, 5) is 19.2. The van der Waals surface area contributed by atoms with Crippen molar-refractivity contribution in [1.82, 2.24) is 15.5 Å². The first-order valence-corrected chi connectivity index (χ1v) is 10.7. The Balaban J connectivity index is 1.63. The van der Waals surface area contributed by atoms with Gasteiger partial charge in [-0.2, -0.15) is 0 Å². The van der Waals surface area contributed by atoms with Crippen molar-refractivity contribution in [3.8, 4) is 11.5 Å². The number of rotatable bonds is 7. The van der Waals surface area contributed by atoms with Crippen LogP contribution in [0.4, 0.5) is 0 Å². The van der Waals surface area contributed by atoms with Crippen LogP contribution >= 0.6 is 11.6 Å². The van der Waals surface area contributed by atoms with E-state index in [9.17, 15) is 4.79 Å². The van der Waals surface area contributed by atoms with Crippen molar-refractivity contribution in [3.05, 3.63) is 58.1 Å². The number of fused-ring (bicyclic) bond motifs is 1. The van der Waals surface area contributed by atoms with Crippen molar-refractivity contribution in [2.75, 3.05) is 40.4 Å². The minimum atomic E-state index is -0.196. The van der Waals surface area contributed by atoms with Crippen LogP contribution in [0.1, 0.15) is 28.4 Å². The molecule has 2 aromatic carbocycles. The molecule has 0 aromatic heterocycles. The predicted molar refractivity (Wildman–Crippen MR) is 123 cm³/mol. The minimum absolute atomic E-state index is 0.196. The third-order valence-electron chi connectivity index (χ3n) is 5.13. The SMILES string of the molecule is CCNC(=NCCNC(=O)c1ccccc1Cl)N1CCc2cc(OC)c(OC)cc2C1. The Hall–Kier alpha value is -2.93. The van der Waals surface area contributed by atoms with Crippen LogP contribution in [0.5, 0.6) is 11.5 Å². The Kier molecular flexibility index (Phi) is 8.00. The van der Waals surface area contributed by atoms with Gasteiger partial charge in [-0.05, 0) is 48.7 Å². The largest absolute Gasteiger partial charge is 0.493 e. The van der Waals surface area contributed by atoms with Crippen LogP contribution in [0.25, 0.3) is 0 Å². The monoisotopic (exact) mass is 444 g/mol. The van der Waals surface area contributed by atoms with Gasteiger partial charge >= 0.3 is 0 Å². The fourth-order valence-electron chi connectivity index (χ4n) is 3.56. The standard InChI is InChI=1S/C23H29ClN4O3/c1-4-25-23(27-11-10-26-22(29)18-7-5-6-8-19(18)24)28-12-9-16-13-20(30-2)21(31-3)14-17(16)15-28/h5-8,13-14H,4,9-12,15H2,1-3H3,(H,25,27)(H,26,29). The molecule has 2 N–H and O–H groups in total. The molecule has 0 fully saturated rings. The van der Waals surface area contributed by atoms with Gasteiger partial charge in [0, 0.05) is 26.2 Å². The van der Waals surface area contributed by atoms with E-state index >= 15 is 0 Å². The molecule has 31 heavy (non-hydrogen) atoms. The molecule has 166 valence electrons. The fraction of sp³-hybridized carbons (Fsp3) is 0.391. The number of hydrogen-bond acceptors (Lipinski definition) is 4. The molecule has 0 saturated carbocycles. The van der Waals surface area contributed by atoms with Crippen LogP contribution in [-0.2, 0) is 13.0 Å². The Morgan fingerprint density at radius 1 is 1.13 bits per heavy atom. The second-order valence-electron chi connectivity index (χ2n) is 7.12. The highest BCUT2D eigenvalue weighted by Crippen LogP contribution is 2.33. The zero-order valence-corrected chi connectivity index (χ0v) is 19.0. The van der Waals surface area contributed by atoms with Gasteiger partial charge in [0.2, 0.25) is 0 Å². The van der Waals surface area contributed by atoms with Crippen molar-refractivity contribution in [2.45, 2.75) is 19.9 Å². The number of aliphatic imine (C=N–C) groups is 1. The number of ether oxygens (including phenoxy) is 2. The van der Waals surface area contributed by atoms with Crippen molar-refractivity contribution in [1.29, 1.82) is 0 Å². The van der Waals surface area contributed by atoms with Crippen molar-refractivity contribution in [3.63, 3.8) is 0 Å². The molecule has 0 unspecified atom stereocenters. The molecule has 0 bridgehead atoms. The Morgan fingerprint density at radius 2 is 1.84 bits per heavy atom. The van der Waals surface area contributed by atoms with Gasteiger partial charge in [-0.25, -0.2) is 0 Å². The number of guanidine groups is 1. The van der Waals surface area contributed by atoms with Gasteiger partial charge in [-0.3, -0.25) is 9.79 Å². The number of halogens is 1. The molecule has 2 aromatic rings. The highest BCUT2D eigenvalue weighted by Gasteiger charge is 2.21. The van der Waals surface area contributed by atoms with Gasteiger partial charge in [0.1, 0.15) is 0 Å². The molecule has 0 spiro atoms. The van der Waals surface area contributed by atoms with E-state index in [0.29, 0.717) is 23.7 Å². The lowest BCUT2D eigenvalue weighted by molar-refractivity contribution is 0.0955. The van der Waals surface area contributed by atoms with E-state index in [1.54, 1.807) is 38.5 Å². The second-order valence-corrected chi connectivity index (χ2v) is 7.53. The van der Waals surface area contributed by atoms with Crippen LogP contribution in [-0.4, -0.2) is 57.2 Å². The smallest absolute Gasteiger partial charge is 0.252 e. The van der Waals surface area contributed by atoms with E-state index in [1.165, 1.54) is 11.1 Å². The van der Waals surface area contributed by atoms with Gasteiger partial charge in [0.25, 0.3) is 5.91 Å². The molecule has 0 aliphatic carbocycles. The Bertz CT molecular complexity index is 948. The zero-order valence-electron chi connectivity index (χ0n) is 18.2. The molecule has 3 rings (SSSR count). The number of carbonyl (C=O) groups excluding carboxylic acids is 1. The maximum Gasteiger partial charge on any atom is 0.252 e. The van der Waals surface area contributed by atoms with Crippen molar-refractivity contribution in [2.24, 2.45) is 4.99 Å². The van der Waals surface area contributed by atoms with Gasteiger partial charge in [-0.1, -0.05) is 23.7 Å². The average molecular weight is 445 g/mol. The molecule has 7 nitrogen and oxygen atoms in total. The maximum absolute atomic E-state index is 12.3. The van der Waals surface area contributed by atoms with E-state index in [1.807, 2.05) is 13.0 Å². The second kappa shape index (κ2) is 10.9. The predicted octanol–water partition coefficient (Wildman–Crippen LogP) is 3.11. The summed E-state index contributed by atoms with van der Waals surface area (Å²) in [5.74, 6) is 2.12. The van der Waals surface area contributed by atoms with E-state index in [2.05, 4.69) is 21.6 Å². The highest BCUT2D eigenvalue weighted by molar-refractivity contribution is 6.33. The van der Waals surface area contributed by atoms with Crippen LogP contribution in [0.15, 0.2) is 41.4 Å². The third kappa shape index (κ3) is 5.61. The number of nitrogens with one attached hydrogen (secondary N) is 2. The topological polar surface area (TPSA) is 75.2 Å².